The fourth-order valence-corrected chi connectivity index (χ4v) is 22.4. The maximum absolute atomic E-state index is 7.75. The number of carbonyl (C=O) groups excluding carboxylic acids is 2. The largest absolute Gasteiger partial charge is 0.174 e. The first-order chi connectivity index (χ1) is 30.8. The van der Waals surface area contributed by atoms with Crippen LogP contribution in [-0.4, -0.2) is 25.4 Å². The molecule has 8 aromatic carbocycles. The molecule has 8 aromatic rings. The zero-order chi connectivity index (χ0) is 44.6. The van der Waals surface area contributed by atoms with Gasteiger partial charge in [0, 0.05) is 0 Å². The third-order valence-electron chi connectivity index (χ3n) is 9.69. The third-order valence-corrected chi connectivity index (χ3v) is 23.6. The van der Waals surface area contributed by atoms with Gasteiger partial charge in [0.1, 0.15) is 74.1 Å². The molecule has 0 aliphatic carbocycles. The minimum Gasteiger partial charge on any atom is -0.0620 e. The molecule has 0 atom stereocenters. The van der Waals surface area contributed by atoms with Gasteiger partial charge in [-0.05, 0) is 97.1 Å². The van der Waals surface area contributed by atoms with Crippen LogP contribution >= 0.6 is 51.1 Å². The van der Waals surface area contributed by atoms with E-state index in [9.17, 15) is 0 Å². The number of halogens is 2. The van der Waals surface area contributed by atoms with E-state index in [0.29, 0.717) is 0 Å². The standard InChI is InChI=1S/2C25H22P2.2CHO.2ClH.2Ru/c2*1-5-13-22(14-6-1)26(23-15-7-2-8-16-23)21-27(24-17-9-3-10-18-24)25-19-11-4-12-20-25;2*1-2;;;;/h2*1-20H,21H2;2*1H;2*1H;;/q;;2*-1;;;+1;+3/p+2. The monoisotopic (exact) mass is 1100 g/mol. The Kier molecular flexibility index (Phi) is 28.4. The molecular weight excluding hydrogens is 1050 g/mol. The Bertz CT molecular complexity index is 1790. The Morgan fingerprint density at radius 3 is 0.468 bits per heavy atom. The molecule has 0 aromatic heterocycles. The van der Waals surface area contributed by atoms with E-state index in [0.717, 1.165) is 0 Å². The van der Waals surface area contributed by atoms with Crippen molar-refractivity contribution in [2.75, 3.05) is 11.8 Å². The Labute approximate surface area is 402 Å². The van der Waals surface area contributed by atoms with Gasteiger partial charge in [-0.15, -0.1) is 0 Å². The average molecular weight is 1100 g/mol. The van der Waals surface area contributed by atoms with Crippen LogP contribution in [0.3, 0.4) is 0 Å². The van der Waals surface area contributed by atoms with Crippen LogP contribution in [0.1, 0.15) is 0 Å². The van der Waals surface area contributed by atoms with Gasteiger partial charge in [-0.1, -0.05) is 146 Å². The maximum atomic E-state index is 7.75. The van der Waals surface area contributed by atoms with Gasteiger partial charge in [-0.25, -0.2) is 0 Å². The molecule has 10 heteroatoms. The summed E-state index contributed by atoms with van der Waals surface area (Å²) in [5, 5.41) is 12.0. The molecule has 0 spiro atoms. The first-order valence-electron chi connectivity index (χ1n) is 19.4. The van der Waals surface area contributed by atoms with Gasteiger partial charge < -0.3 is 9.59 Å². The predicted molar refractivity (Wildman–Crippen MR) is 277 cm³/mol. The van der Waals surface area contributed by atoms with Crippen LogP contribution in [0.4, 0.5) is 0 Å². The minimum atomic E-state index is -0.847. The minimum absolute atomic E-state index is 0.847. The Morgan fingerprint density at radius 2 is 0.371 bits per heavy atom. The van der Waals surface area contributed by atoms with Crippen molar-refractivity contribution >= 4 is 107 Å². The summed E-state index contributed by atoms with van der Waals surface area (Å²) in [6.07, 6.45) is 0. The van der Waals surface area contributed by atoms with E-state index >= 15 is 0 Å². The fourth-order valence-electron chi connectivity index (χ4n) is 6.95. The number of hydrogen-bond acceptors (Lipinski definition) is 2. The third kappa shape index (κ3) is 17.3. The van der Waals surface area contributed by atoms with Crippen molar-refractivity contribution in [1.82, 2.24) is 0 Å². The molecule has 0 aliphatic heterocycles. The average Bonchev–Trinajstić information content (AvgIpc) is 3.39. The van der Waals surface area contributed by atoms with Crippen molar-refractivity contribution in [3.63, 3.8) is 0 Å². The van der Waals surface area contributed by atoms with Gasteiger partial charge in [-0.2, -0.15) is 0 Å². The van der Waals surface area contributed by atoms with Crippen LogP contribution in [-0.2, 0) is 44.2 Å². The molecule has 316 valence electrons. The van der Waals surface area contributed by atoms with E-state index in [1.807, 2.05) is 34.6 Å². The van der Waals surface area contributed by atoms with Crippen molar-refractivity contribution in [3.8, 4) is 0 Å². The van der Waals surface area contributed by atoms with Crippen LogP contribution in [0.5, 0.6) is 0 Å². The van der Waals surface area contributed by atoms with Gasteiger partial charge >= 0.3 is 54.0 Å². The first-order valence-corrected chi connectivity index (χ1v) is 30.7. The van der Waals surface area contributed by atoms with Crippen LogP contribution in [0.25, 0.3) is 0 Å². The Balaban J connectivity index is 0.000000285. The molecule has 0 fully saturated rings. The van der Waals surface area contributed by atoms with Crippen LogP contribution in [0.15, 0.2) is 243 Å². The smallest absolute Gasteiger partial charge is 0.0620 e. The molecule has 62 heavy (non-hydrogen) atoms. The summed E-state index contributed by atoms with van der Waals surface area (Å²) in [5.41, 5.74) is 0. The Morgan fingerprint density at radius 1 is 0.274 bits per heavy atom. The van der Waals surface area contributed by atoms with E-state index in [4.69, 9.17) is 9.59 Å². The number of benzene rings is 8. The van der Waals surface area contributed by atoms with Gasteiger partial charge in [0.25, 0.3) is 0 Å². The molecule has 0 aliphatic rings. The molecular formula is C52H50Cl2O2P4Ru2+4. The first kappa shape index (κ1) is 53.0. The topological polar surface area (TPSA) is 34.1 Å². The normalized spacial score (nSPS) is 9.92. The van der Waals surface area contributed by atoms with Crippen molar-refractivity contribution in [2.45, 2.75) is 0 Å². The zero-order valence-electron chi connectivity index (χ0n) is 33.9. The van der Waals surface area contributed by atoms with E-state index in [1.54, 1.807) is 0 Å². The second-order valence-electron chi connectivity index (χ2n) is 13.2. The molecule has 8 rings (SSSR count). The number of rotatable bonds is 12. The van der Waals surface area contributed by atoms with E-state index < -0.39 is 31.7 Å². The summed E-state index contributed by atoms with van der Waals surface area (Å²) in [4.78, 5) is 15.5. The summed E-state index contributed by atoms with van der Waals surface area (Å²) < 4.78 is 0. The molecule has 0 heterocycles. The molecule has 0 bridgehead atoms. The van der Waals surface area contributed by atoms with Crippen LogP contribution < -0.4 is 42.4 Å². The Hall–Kier alpha value is -3.35. The molecule has 0 saturated carbocycles. The summed E-state index contributed by atoms with van der Waals surface area (Å²) in [5.74, 6) is 2.49. The SMILES string of the molecule is [CH-]=O.[CH-]=O.[Cl][Ru+2].[Cl][Ru].c1ccc([PH+](C[PH+](c2ccccc2)c2ccccc2)c2ccccc2)cc1.c1ccc([PH+](C[PH+](c2ccccc2)c2ccccc2)c2ccccc2)cc1. The van der Waals surface area contributed by atoms with Crippen molar-refractivity contribution < 1.29 is 44.2 Å². The van der Waals surface area contributed by atoms with Gasteiger partial charge in [0.2, 0.25) is 0 Å². The molecule has 0 N–H and O–H groups in total. The molecule has 2 nitrogen and oxygen atoms in total. The summed E-state index contributed by atoms with van der Waals surface area (Å²) >= 11 is 3.64. The van der Waals surface area contributed by atoms with Crippen LogP contribution in [0.2, 0.25) is 0 Å². The zero-order valence-corrected chi connectivity index (χ0v) is 42.9. The van der Waals surface area contributed by atoms with Crippen LogP contribution in [0, 0.1) is 0 Å². The summed E-state index contributed by atoms with van der Waals surface area (Å²) in [6.45, 7) is 6.50. The second kappa shape index (κ2) is 33.2. The van der Waals surface area contributed by atoms with E-state index in [1.165, 1.54) is 54.2 Å². The second-order valence-corrected chi connectivity index (χ2v) is 24.5. The maximum Gasteiger partial charge on any atom is 0.174 e. The predicted octanol–water partition coefficient (Wildman–Crippen LogP) is 10.2. The van der Waals surface area contributed by atoms with Gasteiger partial charge in [-0.3, -0.25) is 13.6 Å². The van der Waals surface area contributed by atoms with Crippen molar-refractivity contribution in [2.24, 2.45) is 0 Å². The van der Waals surface area contributed by atoms with Gasteiger partial charge in [0.15, 0.2) is 11.8 Å². The van der Waals surface area contributed by atoms with E-state index in [2.05, 4.69) is 276 Å². The van der Waals surface area contributed by atoms with Gasteiger partial charge in [0.05, 0.1) is 0 Å². The van der Waals surface area contributed by atoms with E-state index in [-0.39, 0.29) is 0 Å². The molecule has 0 radical (unpaired) electrons. The quantitative estimate of drug-likeness (QED) is 0.0529. The van der Waals surface area contributed by atoms with Crippen molar-refractivity contribution in [1.29, 1.82) is 0 Å². The fraction of sp³-hybridized carbons (Fsp3) is 0.0385. The number of hydrogen-bond donors (Lipinski definition) is 0. The molecule has 0 saturated heterocycles. The molecule has 0 unspecified atom stereocenters. The summed E-state index contributed by atoms with van der Waals surface area (Å²) in [6, 6.07) is 88.9. The summed E-state index contributed by atoms with van der Waals surface area (Å²) in [7, 11) is 5.75. The molecule has 0 amide bonds. The van der Waals surface area contributed by atoms with Crippen molar-refractivity contribution in [3.05, 3.63) is 243 Å².